The van der Waals surface area contributed by atoms with Crippen LogP contribution in [0, 0.1) is 0 Å². The molecule has 0 aliphatic carbocycles. The van der Waals surface area contributed by atoms with E-state index in [4.69, 9.17) is 19.3 Å². The summed E-state index contributed by atoms with van der Waals surface area (Å²) in [4.78, 5) is 10.6. The normalized spacial score (nSPS) is 24.7. The largest absolute Gasteiger partial charge is 0.508 e. The summed E-state index contributed by atoms with van der Waals surface area (Å²) in [5.74, 6) is 0.0754. The molecule has 0 aromatic heterocycles. The van der Waals surface area contributed by atoms with Gasteiger partial charge in [-0.1, -0.05) is 12.7 Å². The number of ether oxygens (including phenoxy) is 1. The maximum Gasteiger partial charge on any atom is 0.152 e. The second-order valence-corrected chi connectivity index (χ2v) is 4.97. The van der Waals surface area contributed by atoms with Crippen LogP contribution in [0.5, 0.6) is 0 Å². The van der Waals surface area contributed by atoms with E-state index in [0.29, 0.717) is 6.61 Å². The van der Waals surface area contributed by atoms with Gasteiger partial charge in [0.1, 0.15) is 12.0 Å². The van der Waals surface area contributed by atoms with Crippen molar-refractivity contribution in [3.05, 3.63) is 36.3 Å². The summed E-state index contributed by atoms with van der Waals surface area (Å²) in [5, 5.41) is 9.15. The van der Waals surface area contributed by atoms with Crippen LogP contribution < -0.4 is 0 Å². The predicted octanol–water partition coefficient (Wildman–Crippen LogP) is 2.47. The summed E-state index contributed by atoms with van der Waals surface area (Å²) in [7, 11) is 1.46. The van der Waals surface area contributed by atoms with E-state index in [-0.39, 0.29) is 18.1 Å². The molecule has 0 radical (unpaired) electrons. The van der Waals surface area contributed by atoms with Gasteiger partial charge in [0.2, 0.25) is 0 Å². The Morgan fingerprint density at radius 1 is 1.58 bits per heavy atom. The Morgan fingerprint density at radius 3 is 2.95 bits per heavy atom. The molecule has 0 spiro atoms. The summed E-state index contributed by atoms with van der Waals surface area (Å²) >= 11 is 0. The van der Waals surface area contributed by atoms with Gasteiger partial charge in [-0.3, -0.25) is 0 Å². The molecule has 3 atom stereocenters. The second kappa shape index (κ2) is 8.33. The Balaban J connectivity index is 2.38. The molecular weight excluding hydrogens is 265 g/mol. The molecule has 0 aromatic carbocycles. The summed E-state index contributed by atoms with van der Waals surface area (Å²) in [6, 6.07) is 0. The first-order chi connectivity index (χ1) is 9.04. The van der Waals surface area contributed by atoms with E-state index in [0.717, 1.165) is 18.4 Å². The smallest absolute Gasteiger partial charge is 0.152 e. The van der Waals surface area contributed by atoms with Crippen LogP contribution in [-0.4, -0.2) is 40.9 Å². The molecule has 0 saturated carbocycles. The van der Waals surface area contributed by atoms with E-state index < -0.39 is 9.03 Å². The van der Waals surface area contributed by atoms with Gasteiger partial charge in [-0.05, 0) is 31.4 Å². The Hall–Kier alpha value is -0.870. The second-order valence-electron chi connectivity index (χ2n) is 4.50. The molecule has 5 nitrogen and oxygen atoms in total. The first kappa shape index (κ1) is 16.2. The molecule has 1 aliphatic rings. The van der Waals surface area contributed by atoms with Crippen molar-refractivity contribution in [2.24, 2.45) is 0 Å². The van der Waals surface area contributed by atoms with Gasteiger partial charge in [0, 0.05) is 13.2 Å². The zero-order valence-electron chi connectivity index (χ0n) is 11.4. The van der Waals surface area contributed by atoms with Crippen LogP contribution >= 0.6 is 9.03 Å². The van der Waals surface area contributed by atoms with Crippen LogP contribution in [0.1, 0.15) is 19.8 Å². The van der Waals surface area contributed by atoms with Crippen molar-refractivity contribution < 1.29 is 19.3 Å². The van der Waals surface area contributed by atoms with Crippen LogP contribution in [0.3, 0.4) is 0 Å². The maximum atomic E-state index is 9.15. The summed E-state index contributed by atoms with van der Waals surface area (Å²) in [5.41, 5.74) is 0.729. The van der Waals surface area contributed by atoms with Crippen molar-refractivity contribution in [3.8, 4) is 0 Å². The molecule has 1 aliphatic heterocycles. The first-order valence-corrected chi connectivity index (χ1v) is 7.01. The Morgan fingerprint density at radius 2 is 2.32 bits per heavy atom. The first-order valence-electron chi connectivity index (χ1n) is 6.16. The SMILES string of the molecule is C=C(O)/C(C)=C/C=C\N(C)C1CCC(COPO)O1. The highest BCUT2D eigenvalue weighted by Gasteiger charge is 2.27. The van der Waals surface area contributed by atoms with Crippen LogP contribution in [0.4, 0.5) is 0 Å². The lowest BCUT2D eigenvalue weighted by Gasteiger charge is -2.22. The molecule has 2 N–H and O–H groups in total. The van der Waals surface area contributed by atoms with Gasteiger partial charge in [0.25, 0.3) is 0 Å². The Bertz CT molecular complexity index is 357. The van der Waals surface area contributed by atoms with Crippen LogP contribution in [-0.2, 0) is 9.26 Å². The lowest BCUT2D eigenvalue weighted by molar-refractivity contribution is -0.0372. The van der Waals surface area contributed by atoms with E-state index in [9.17, 15) is 0 Å². The zero-order valence-corrected chi connectivity index (χ0v) is 12.4. The average Bonchev–Trinajstić information content (AvgIpc) is 2.84. The number of nitrogens with zero attached hydrogens (tertiary/aromatic N) is 1. The van der Waals surface area contributed by atoms with Crippen LogP contribution in [0.15, 0.2) is 36.3 Å². The lowest BCUT2D eigenvalue weighted by atomic mass is 10.2. The molecule has 6 heteroatoms. The zero-order chi connectivity index (χ0) is 14.3. The van der Waals surface area contributed by atoms with Gasteiger partial charge in [-0.15, -0.1) is 0 Å². The van der Waals surface area contributed by atoms with Gasteiger partial charge in [0.05, 0.1) is 12.7 Å². The molecule has 3 unspecified atom stereocenters. The highest BCUT2D eigenvalue weighted by atomic mass is 31.1. The fourth-order valence-electron chi connectivity index (χ4n) is 1.75. The number of rotatable bonds is 7. The van der Waals surface area contributed by atoms with Gasteiger partial charge in [0.15, 0.2) is 9.03 Å². The Labute approximate surface area is 116 Å². The average molecular weight is 287 g/mol. The van der Waals surface area contributed by atoms with Crippen LogP contribution in [0.25, 0.3) is 0 Å². The monoisotopic (exact) mass is 287 g/mol. The molecule has 0 aromatic rings. The van der Waals surface area contributed by atoms with Gasteiger partial charge in [-0.2, -0.15) is 0 Å². The van der Waals surface area contributed by atoms with E-state index in [1.165, 1.54) is 0 Å². The quantitative estimate of drug-likeness (QED) is 0.428. The molecule has 0 amide bonds. The van der Waals surface area contributed by atoms with Gasteiger partial charge in [-0.25, -0.2) is 0 Å². The van der Waals surface area contributed by atoms with Gasteiger partial charge >= 0.3 is 0 Å². The third-order valence-electron chi connectivity index (χ3n) is 3.00. The van der Waals surface area contributed by atoms with E-state index in [1.807, 2.05) is 24.2 Å². The minimum atomic E-state index is -0.481. The van der Waals surface area contributed by atoms with Crippen molar-refractivity contribution in [1.82, 2.24) is 4.90 Å². The molecule has 108 valence electrons. The number of hydrogen-bond donors (Lipinski definition) is 2. The van der Waals surface area contributed by atoms with Gasteiger partial charge < -0.3 is 24.2 Å². The molecule has 1 fully saturated rings. The van der Waals surface area contributed by atoms with Crippen molar-refractivity contribution in [3.63, 3.8) is 0 Å². The standard InChI is InChI=1S/C13H22NO4P/c1-10(11(2)15)5-4-8-14(3)13-7-6-12(18-13)9-17-19-16/h4-5,8,12-13,15-16,19H,2,6-7,9H2,1,3H3/b8-4-,10-5+. The molecule has 1 rings (SSSR count). The fourth-order valence-corrected chi connectivity index (χ4v) is 2.01. The topological polar surface area (TPSA) is 62.2 Å². The van der Waals surface area contributed by atoms with Crippen molar-refractivity contribution >= 4 is 9.03 Å². The van der Waals surface area contributed by atoms with Crippen LogP contribution in [0.2, 0.25) is 0 Å². The fraction of sp³-hybridized carbons (Fsp3) is 0.538. The third-order valence-corrected chi connectivity index (χ3v) is 3.29. The third kappa shape index (κ3) is 5.74. The predicted molar refractivity (Wildman–Crippen MR) is 76.8 cm³/mol. The number of allylic oxidation sites excluding steroid dienone is 3. The summed E-state index contributed by atoms with van der Waals surface area (Å²) in [6.45, 7) is 5.68. The minimum absolute atomic E-state index is 0.0258. The van der Waals surface area contributed by atoms with E-state index >= 15 is 0 Å². The summed E-state index contributed by atoms with van der Waals surface area (Å²) < 4.78 is 10.7. The van der Waals surface area contributed by atoms with E-state index in [2.05, 4.69) is 6.58 Å². The minimum Gasteiger partial charge on any atom is -0.508 e. The lowest BCUT2D eigenvalue weighted by Crippen LogP contribution is -2.27. The number of aliphatic hydroxyl groups is 1. The number of hydrogen-bond acceptors (Lipinski definition) is 5. The van der Waals surface area contributed by atoms with E-state index in [1.54, 1.807) is 13.0 Å². The Kier molecular flexibility index (Phi) is 7.10. The highest BCUT2D eigenvalue weighted by molar-refractivity contribution is 7.24. The van der Waals surface area contributed by atoms with Crippen molar-refractivity contribution in [2.45, 2.75) is 32.1 Å². The maximum absolute atomic E-state index is 9.15. The molecule has 0 bridgehead atoms. The molecular formula is C13H22NO4P. The highest BCUT2D eigenvalue weighted by Crippen LogP contribution is 2.23. The molecule has 19 heavy (non-hydrogen) atoms. The number of aliphatic hydroxyl groups excluding tert-OH is 1. The van der Waals surface area contributed by atoms with Crippen molar-refractivity contribution in [1.29, 1.82) is 0 Å². The summed E-state index contributed by atoms with van der Waals surface area (Å²) in [6.07, 6.45) is 7.47. The molecule has 1 heterocycles. The molecule has 1 saturated heterocycles. The van der Waals surface area contributed by atoms with Crippen molar-refractivity contribution in [2.75, 3.05) is 13.7 Å².